The number of nitrogens with one attached hydrogen (secondary N) is 1. The number of ether oxygens (including phenoxy) is 1. The summed E-state index contributed by atoms with van der Waals surface area (Å²) in [5.74, 6) is 0.972. The summed E-state index contributed by atoms with van der Waals surface area (Å²) in [6.45, 7) is 9.64. The van der Waals surface area contributed by atoms with Gasteiger partial charge < -0.3 is 10.1 Å². The predicted molar refractivity (Wildman–Crippen MR) is 79.8 cm³/mol. The molecule has 0 spiro atoms. The molecule has 0 aliphatic carbocycles. The molecule has 1 atom stereocenters. The number of nitrogens with zero attached hydrogens (tertiary/aromatic N) is 1. The molecule has 0 aromatic heterocycles. The number of aryl methyl sites for hydroxylation is 1. The van der Waals surface area contributed by atoms with Crippen LogP contribution in [0.4, 0.5) is 0 Å². The highest BCUT2D eigenvalue weighted by atomic mass is 16.5. The molecule has 4 nitrogen and oxygen atoms in total. The van der Waals surface area contributed by atoms with Crippen LogP contribution in [0.3, 0.4) is 0 Å². The van der Waals surface area contributed by atoms with Gasteiger partial charge in [-0.25, -0.2) is 0 Å². The van der Waals surface area contributed by atoms with Gasteiger partial charge in [-0.15, -0.1) is 6.58 Å². The highest BCUT2D eigenvalue weighted by Crippen LogP contribution is 2.22. The standard InChI is InChI=1S/C16H22N2O2/c1-4-9-17-16(19)13(3)18-10-14(11-18)20-15-8-6-5-7-12(15)2/h4-8,13-14H,1,9-11H2,2-3H3,(H,17,19)/t13-/m1/s1. The zero-order chi connectivity index (χ0) is 14.5. The Balaban J connectivity index is 1.78. The number of rotatable bonds is 6. The van der Waals surface area contributed by atoms with E-state index in [1.165, 1.54) is 0 Å². The topological polar surface area (TPSA) is 41.6 Å². The molecule has 0 saturated carbocycles. The lowest BCUT2D eigenvalue weighted by atomic mass is 10.1. The Morgan fingerprint density at radius 3 is 2.90 bits per heavy atom. The number of amides is 1. The van der Waals surface area contributed by atoms with Crippen LogP contribution in [-0.4, -0.2) is 42.6 Å². The first-order valence-corrected chi connectivity index (χ1v) is 6.96. The summed E-state index contributed by atoms with van der Waals surface area (Å²) in [4.78, 5) is 13.9. The van der Waals surface area contributed by atoms with Crippen LogP contribution in [0.5, 0.6) is 5.75 Å². The first kappa shape index (κ1) is 14.6. The van der Waals surface area contributed by atoms with Crippen molar-refractivity contribution in [2.75, 3.05) is 19.6 Å². The molecule has 1 fully saturated rings. The monoisotopic (exact) mass is 274 g/mol. The molecule has 0 radical (unpaired) electrons. The largest absolute Gasteiger partial charge is 0.487 e. The first-order chi connectivity index (χ1) is 9.61. The van der Waals surface area contributed by atoms with Crippen molar-refractivity contribution in [3.63, 3.8) is 0 Å². The Morgan fingerprint density at radius 2 is 2.25 bits per heavy atom. The number of carbonyl (C=O) groups is 1. The van der Waals surface area contributed by atoms with E-state index in [2.05, 4.69) is 16.8 Å². The molecule has 1 heterocycles. The molecule has 1 aliphatic heterocycles. The molecular formula is C16H22N2O2. The van der Waals surface area contributed by atoms with Gasteiger partial charge in [-0.05, 0) is 25.5 Å². The van der Waals surface area contributed by atoms with E-state index in [-0.39, 0.29) is 18.1 Å². The van der Waals surface area contributed by atoms with Crippen LogP contribution in [-0.2, 0) is 4.79 Å². The SMILES string of the molecule is C=CCNC(=O)[C@@H](C)N1CC(Oc2ccccc2C)C1. The van der Waals surface area contributed by atoms with E-state index in [9.17, 15) is 4.79 Å². The van der Waals surface area contributed by atoms with Gasteiger partial charge in [0.25, 0.3) is 0 Å². The van der Waals surface area contributed by atoms with Crippen molar-refractivity contribution in [3.8, 4) is 5.75 Å². The van der Waals surface area contributed by atoms with Gasteiger partial charge in [0.2, 0.25) is 5.91 Å². The fraction of sp³-hybridized carbons (Fsp3) is 0.438. The van der Waals surface area contributed by atoms with Gasteiger partial charge in [0.15, 0.2) is 0 Å². The molecule has 1 N–H and O–H groups in total. The Labute approximate surface area is 120 Å². The molecule has 0 bridgehead atoms. The molecule has 1 aromatic rings. The summed E-state index contributed by atoms with van der Waals surface area (Å²) in [7, 11) is 0. The molecule has 4 heteroatoms. The van der Waals surface area contributed by atoms with Crippen molar-refractivity contribution < 1.29 is 9.53 Å². The molecule has 1 amide bonds. The van der Waals surface area contributed by atoms with E-state index in [0.29, 0.717) is 6.54 Å². The minimum atomic E-state index is -0.119. The second-order valence-corrected chi connectivity index (χ2v) is 5.17. The van der Waals surface area contributed by atoms with Crippen LogP contribution in [0.2, 0.25) is 0 Å². The number of benzene rings is 1. The lowest BCUT2D eigenvalue weighted by Gasteiger charge is -2.42. The maximum Gasteiger partial charge on any atom is 0.237 e. The van der Waals surface area contributed by atoms with Crippen molar-refractivity contribution in [2.24, 2.45) is 0 Å². The van der Waals surface area contributed by atoms with E-state index in [4.69, 9.17) is 4.74 Å². The van der Waals surface area contributed by atoms with Crippen molar-refractivity contribution in [3.05, 3.63) is 42.5 Å². The smallest absolute Gasteiger partial charge is 0.237 e. The highest BCUT2D eigenvalue weighted by Gasteiger charge is 2.34. The van der Waals surface area contributed by atoms with Crippen molar-refractivity contribution in [1.82, 2.24) is 10.2 Å². The third-order valence-electron chi connectivity index (χ3n) is 3.61. The molecule has 1 aromatic carbocycles. The fourth-order valence-corrected chi connectivity index (χ4v) is 2.21. The zero-order valence-electron chi connectivity index (χ0n) is 12.1. The minimum Gasteiger partial charge on any atom is -0.487 e. The Morgan fingerprint density at radius 1 is 1.55 bits per heavy atom. The lowest BCUT2D eigenvalue weighted by Crippen LogP contribution is -2.60. The van der Waals surface area contributed by atoms with Gasteiger partial charge in [-0.3, -0.25) is 9.69 Å². The van der Waals surface area contributed by atoms with Crippen molar-refractivity contribution in [1.29, 1.82) is 0 Å². The van der Waals surface area contributed by atoms with Crippen LogP contribution in [0.1, 0.15) is 12.5 Å². The van der Waals surface area contributed by atoms with Crippen LogP contribution >= 0.6 is 0 Å². The number of carbonyl (C=O) groups excluding carboxylic acids is 1. The molecular weight excluding hydrogens is 252 g/mol. The highest BCUT2D eigenvalue weighted by molar-refractivity contribution is 5.81. The Kier molecular flexibility index (Phi) is 4.79. The first-order valence-electron chi connectivity index (χ1n) is 6.96. The molecule has 1 saturated heterocycles. The maximum absolute atomic E-state index is 11.8. The third-order valence-corrected chi connectivity index (χ3v) is 3.61. The Hall–Kier alpha value is -1.81. The molecule has 108 valence electrons. The summed E-state index contributed by atoms with van der Waals surface area (Å²) in [6.07, 6.45) is 1.86. The second kappa shape index (κ2) is 6.57. The number of likely N-dealkylation sites (tertiary alicyclic amines) is 1. The summed E-state index contributed by atoms with van der Waals surface area (Å²) in [6, 6.07) is 7.88. The summed E-state index contributed by atoms with van der Waals surface area (Å²) >= 11 is 0. The average molecular weight is 274 g/mol. The van der Waals surface area contributed by atoms with Gasteiger partial charge in [0, 0.05) is 19.6 Å². The van der Waals surface area contributed by atoms with E-state index >= 15 is 0 Å². The quantitative estimate of drug-likeness (QED) is 0.804. The summed E-state index contributed by atoms with van der Waals surface area (Å²) in [5.41, 5.74) is 1.14. The predicted octanol–water partition coefficient (Wildman–Crippen LogP) is 1.75. The molecule has 20 heavy (non-hydrogen) atoms. The van der Waals surface area contributed by atoms with Crippen LogP contribution < -0.4 is 10.1 Å². The molecule has 2 rings (SSSR count). The van der Waals surface area contributed by atoms with Crippen LogP contribution in [0.25, 0.3) is 0 Å². The van der Waals surface area contributed by atoms with Gasteiger partial charge >= 0.3 is 0 Å². The van der Waals surface area contributed by atoms with E-state index in [0.717, 1.165) is 24.4 Å². The van der Waals surface area contributed by atoms with Crippen LogP contribution in [0.15, 0.2) is 36.9 Å². The van der Waals surface area contributed by atoms with Crippen molar-refractivity contribution in [2.45, 2.75) is 26.0 Å². The number of hydrogen-bond donors (Lipinski definition) is 1. The number of hydrogen-bond acceptors (Lipinski definition) is 3. The Bertz CT molecular complexity index is 481. The summed E-state index contributed by atoms with van der Waals surface area (Å²) in [5, 5.41) is 2.82. The van der Waals surface area contributed by atoms with Gasteiger partial charge in [-0.1, -0.05) is 24.3 Å². The maximum atomic E-state index is 11.8. The number of para-hydroxylation sites is 1. The molecule has 1 aliphatic rings. The van der Waals surface area contributed by atoms with Gasteiger partial charge in [0.1, 0.15) is 11.9 Å². The van der Waals surface area contributed by atoms with Crippen LogP contribution in [0, 0.1) is 6.92 Å². The van der Waals surface area contributed by atoms with Gasteiger partial charge in [-0.2, -0.15) is 0 Å². The molecule has 0 unspecified atom stereocenters. The van der Waals surface area contributed by atoms with E-state index in [1.54, 1.807) is 6.08 Å². The zero-order valence-corrected chi connectivity index (χ0v) is 12.1. The average Bonchev–Trinajstić information content (AvgIpc) is 2.40. The second-order valence-electron chi connectivity index (χ2n) is 5.17. The summed E-state index contributed by atoms with van der Waals surface area (Å²) < 4.78 is 5.93. The van der Waals surface area contributed by atoms with E-state index in [1.807, 2.05) is 38.1 Å². The third kappa shape index (κ3) is 3.39. The minimum absolute atomic E-state index is 0.0410. The fourth-order valence-electron chi connectivity index (χ4n) is 2.21. The van der Waals surface area contributed by atoms with Crippen molar-refractivity contribution >= 4 is 5.91 Å². The van der Waals surface area contributed by atoms with E-state index < -0.39 is 0 Å². The normalized spacial score (nSPS) is 17.1. The lowest BCUT2D eigenvalue weighted by molar-refractivity contribution is -0.129. The van der Waals surface area contributed by atoms with Gasteiger partial charge in [0.05, 0.1) is 6.04 Å².